The molecule has 0 atom stereocenters. The van der Waals surface area contributed by atoms with Crippen LogP contribution in [0, 0.1) is 0 Å². The van der Waals surface area contributed by atoms with E-state index in [2.05, 4.69) is 11.7 Å². The van der Waals surface area contributed by atoms with E-state index in [1.54, 1.807) is 0 Å². The summed E-state index contributed by atoms with van der Waals surface area (Å²) in [4.78, 5) is 0. The van der Waals surface area contributed by atoms with Crippen LogP contribution in [0.1, 0.15) is 0 Å². The van der Waals surface area contributed by atoms with Gasteiger partial charge in [-0.1, -0.05) is 0 Å². The molecular weight excluding hydrogens is 184 g/mol. The Labute approximate surface area is 62.2 Å². The van der Waals surface area contributed by atoms with Gasteiger partial charge in [0, 0.05) is 0 Å². The van der Waals surface area contributed by atoms with Crippen molar-refractivity contribution in [2.24, 2.45) is 11.7 Å². The van der Waals surface area contributed by atoms with Crippen LogP contribution in [0.25, 0.3) is 0 Å². The van der Waals surface area contributed by atoms with E-state index in [9.17, 15) is 0 Å². The van der Waals surface area contributed by atoms with Gasteiger partial charge in [0.05, 0.1) is 0 Å². The van der Waals surface area contributed by atoms with Crippen LogP contribution in [0.15, 0.2) is 0 Å². The first-order valence-corrected chi connectivity index (χ1v) is 3.12. The van der Waals surface area contributed by atoms with Crippen LogP contribution in [0.5, 0.6) is 0 Å². The van der Waals surface area contributed by atoms with E-state index < -0.39 is 10.4 Å². The zero-order valence-electron chi connectivity index (χ0n) is 5.17. The lowest BCUT2D eigenvalue weighted by molar-refractivity contribution is 0.169. The summed E-state index contributed by atoms with van der Waals surface area (Å²) in [6, 6.07) is 0. The quantitative estimate of drug-likeness (QED) is 0.112. The first-order chi connectivity index (χ1) is 4.83. The van der Waals surface area contributed by atoms with E-state index in [1.165, 1.54) is 11.2 Å². The Hall–Kier alpha value is -0.370. The van der Waals surface area contributed by atoms with E-state index in [0.29, 0.717) is 0 Å². The molecule has 0 aromatic rings. The molecule has 72 valence electrons. The molecule has 0 fully saturated rings. The molecular formula is H10N4O6S. The highest BCUT2D eigenvalue weighted by atomic mass is 32.3. The topological polar surface area (TPSA) is 191 Å². The van der Waals surface area contributed by atoms with Crippen molar-refractivity contribution in [3.63, 3.8) is 0 Å². The van der Waals surface area contributed by atoms with E-state index in [4.69, 9.17) is 27.9 Å². The lowest BCUT2D eigenvalue weighted by atomic mass is 12.8. The molecule has 0 saturated heterocycles. The summed E-state index contributed by atoms with van der Waals surface area (Å²) >= 11 is 0. The molecule has 10 N–H and O–H groups in total. The van der Waals surface area contributed by atoms with Crippen LogP contribution in [-0.4, -0.2) is 27.9 Å². The van der Waals surface area contributed by atoms with Gasteiger partial charge in [0.1, 0.15) is 0 Å². The van der Waals surface area contributed by atoms with Crippen LogP contribution < -0.4 is 22.9 Å². The van der Waals surface area contributed by atoms with Crippen molar-refractivity contribution in [3.8, 4) is 0 Å². The maximum absolute atomic E-state index is 8.74. The second-order valence-electron chi connectivity index (χ2n) is 0.706. The molecule has 0 aliphatic carbocycles. The number of hydrogen-bond acceptors (Lipinski definition) is 8. The highest BCUT2D eigenvalue weighted by Crippen LogP contribution is 1.59. The minimum Gasteiger partial charge on any atom is -0.302 e. The lowest BCUT2D eigenvalue weighted by Crippen LogP contribution is -2.14. The molecule has 0 radical (unpaired) electrons. The smallest absolute Gasteiger partial charge is 0.302 e. The van der Waals surface area contributed by atoms with Crippen molar-refractivity contribution >= 4 is 10.4 Å². The predicted molar refractivity (Wildman–Crippen MR) is 32.4 cm³/mol. The third-order valence-corrected chi connectivity index (χ3v) is 0. The van der Waals surface area contributed by atoms with Gasteiger partial charge >= 0.3 is 10.4 Å². The van der Waals surface area contributed by atoms with Crippen molar-refractivity contribution < 1.29 is 27.9 Å². The molecule has 0 spiro atoms. The Balaban J connectivity index is -0.0000000933. The molecule has 0 aromatic heterocycles. The fraction of sp³-hybridized carbons (Fsp3) is 0. The largest absolute Gasteiger partial charge is 0.394 e. The van der Waals surface area contributed by atoms with Crippen molar-refractivity contribution in [2.45, 2.75) is 0 Å². The Morgan fingerprint density at radius 3 is 1.00 bits per heavy atom. The second kappa shape index (κ2) is 12.3. The van der Waals surface area contributed by atoms with Crippen LogP contribution in [-0.2, 0) is 10.4 Å². The monoisotopic (exact) mass is 194 g/mol. The number of nitrogens with two attached hydrogens (primary N) is 2. The van der Waals surface area contributed by atoms with Gasteiger partial charge in [0.2, 0.25) is 0 Å². The van der Waals surface area contributed by atoms with Crippen LogP contribution in [0.4, 0.5) is 0 Å². The van der Waals surface area contributed by atoms with Crippen molar-refractivity contribution in [2.75, 3.05) is 0 Å². The Morgan fingerprint density at radius 1 is 1.00 bits per heavy atom. The van der Waals surface area contributed by atoms with Crippen molar-refractivity contribution in [1.29, 1.82) is 0 Å². The summed E-state index contributed by atoms with van der Waals surface area (Å²) in [7, 11) is -4.67. The van der Waals surface area contributed by atoms with Gasteiger partial charge in [-0.05, 0) is 0 Å². The Morgan fingerprint density at radius 2 is 1.00 bits per heavy atom. The average molecular weight is 194 g/mol. The summed E-state index contributed by atoms with van der Waals surface area (Å²) < 4.78 is 31.6. The Bertz CT molecular complexity index is 118. The molecule has 11 heavy (non-hydrogen) atoms. The zero-order chi connectivity index (χ0) is 9.91. The van der Waals surface area contributed by atoms with Crippen LogP contribution >= 0.6 is 0 Å². The summed E-state index contributed by atoms with van der Waals surface area (Å²) in [5.41, 5.74) is 2.50. The van der Waals surface area contributed by atoms with Gasteiger partial charge in [-0.2, -0.15) is 8.42 Å². The molecule has 11 heteroatoms. The molecule has 0 aromatic carbocycles. The second-order valence-corrected chi connectivity index (χ2v) is 1.60. The minimum atomic E-state index is -4.67. The predicted octanol–water partition coefficient (Wildman–Crippen LogP) is -2.97. The number of hydrazine groups is 2. The molecule has 10 nitrogen and oxygen atoms in total. The van der Waals surface area contributed by atoms with Crippen LogP contribution in [0.3, 0.4) is 0 Å². The van der Waals surface area contributed by atoms with Crippen molar-refractivity contribution in [3.05, 3.63) is 0 Å². The lowest BCUT2D eigenvalue weighted by Gasteiger charge is -1.68. The maximum Gasteiger partial charge on any atom is 0.394 e. The van der Waals surface area contributed by atoms with Crippen LogP contribution in [0.2, 0.25) is 0 Å². The molecule has 0 bridgehead atoms. The zero-order valence-corrected chi connectivity index (χ0v) is 5.98. The minimum absolute atomic E-state index is 1.25. The third kappa shape index (κ3) is 4100. The summed E-state index contributed by atoms with van der Waals surface area (Å²) in [5.74, 6) is 8.31. The fourth-order valence-corrected chi connectivity index (χ4v) is 0. The van der Waals surface area contributed by atoms with E-state index in [-0.39, 0.29) is 0 Å². The number of rotatable bonds is 0. The fourth-order valence-electron chi connectivity index (χ4n) is 0. The molecule has 0 amide bonds. The Kier molecular flexibility index (Phi) is 19.0. The highest BCUT2D eigenvalue weighted by Gasteiger charge is 1.84. The molecule has 0 heterocycles. The first kappa shape index (κ1) is 16.9. The van der Waals surface area contributed by atoms with Gasteiger partial charge in [0.15, 0.2) is 0 Å². The molecule has 0 rings (SSSR count). The number of nitrogens with one attached hydrogen (secondary N) is 2. The SMILES string of the molecule is NNO.NNO.O=S(=O)(O)O. The normalized spacial score (nSPS) is 8.55. The summed E-state index contributed by atoms with van der Waals surface area (Å²) in [6.45, 7) is 0. The van der Waals surface area contributed by atoms with Gasteiger partial charge in [-0.15, -0.1) is 11.2 Å². The first-order valence-electron chi connectivity index (χ1n) is 1.72. The standard InChI is InChI=1S/2H4N2O.H2O4S/c2*1-2-3;1-5(2,3)4/h2*2-3H,1H2;(H2,1,2,3,4). The third-order valence-electron chi connectivity index (χ3n) is 0. The maximum atomic E-state index is 8.74. The van der Waals surface area contributed by atoms with Gasteiger partial charge in [-0.3, -0.25) is 9.11 Å². The van der Waals surface area contributed by atoms with Gasteiger partial charge in [-0.25, -0.2) is 11.7 Å². The molecule has 0 unspecified atom stereocenters. The summed E-state index contributed by atoms with van der Waals surface area (Å²) in [6.07, 6.45) is 0. The van der Waals surface area contributed by atoms with Gasteiger partial charge < -0.3 is 10.4 Å². The number of hydrogen-bond donors (Lipinski definition) is 8. The molecule has 0 aliphatic rings. The van der Waals surface area contributed by atoms with E-state index in [0.717, 1.165) is 0 Å². The highest BCUT2D eigenvalue weighted by molar-refractivity contribution is 7.79. The van der Waals surface area contributed by atoms with Crippen molar-refractivity contribution in [1.82, 2.24) is 11.2 Å². The van der Waals surface area contributed by atoms with E-state index in [1.807, 2.05) is 0 Å². The summed E-state index contributed by atoms with van der Waals surface area (Å²) in [5, 5.41) is 14.2. The molecule has 0 saturated carbocycles. The average Bonchev–Trinajstić information content (AvgIpc) is 1.62. The van der Waals surface area contributed by atoms with Gasteiger partial charge in [0.25, 0.3) is 0 Å². The molecule has 0 aliphatic heterocycles. The van der Waals surface area contributed by atoms with E-state index >= 15 is 0 Å².